The monoisotopic (exact) mass is 571 g/mol. The summed E-state index contributed by atoms with van der Waals surface area (Å²) in [6.45, 7) is 12.4. The average Bonchev–Trinajstić information content (AvgIpc) is 2.87. The van der Waals surface area contributed by atoms with Crippen molar-refractivity contribution in [3.8, 4) is 0 Å². The number of rotatable bonds is 13. The molecule has 5 atom stereocenters. The second kappa shape index (κ2) is 14.8. The number of amides is 2. The van der Waals surface area contributed by atoms with Gasteiger partial charge in [0, 0.05) is 25.0 Å². The molecule has 9 nitrogen and oxygen atoms in total. The Bertz CT molecular complexity index is 1080. The van der Waals surface area contributed by atoms with E-state index in [1.54, 1.807) is 20.8 Å². The number of carbonyl (C=O) groups is 2. The lowest BCUT2D eigenvalue weighted by atomic mass is 9.77. The fourth-order valence-corrected chi connectivity index (χ4v) is 4.03. The van der Waals surface area contributed by atoms with Gasteiger partial charge < -0.3 is 36.0 Å². The molecule has 0 aliphatic heterocycles. The third-order valence-electron chi connectivity index (χ3n) is 7.13. The first-order valence-electron chi connectivity index (χ1n) is 14.2. The number of alkyl carbamates (subject to hydrolysis) is 1. The van der Waals surface area contributed by atoms with Gasteiger partial charge in [-0.25, -0.2) is 4.79 Å². The number of benzene rings is 2. The maximum absolute atomic E-state index is 13.1. The SMILES string of the molecule is CC(C)(C)NC(=O)O[C@@H](Cc1ccccc1)[C@H](O)CNC[C@@H](O)[C@H](Cc1ccccc1)NC(=O)C(C)(O)C(C)(C)C. The van der Waals surface area contributed by atoms with Crippen LogP contribution in [0.15, 0.2) is 60.7 Å². The lowest BCUT2D eigenvalue weighted by Gasteiger charge is -2.37. The summed E-state index contributed by atoms with van der Waals surface area (Å²) < 4.78 is 5.61. The number of aliphatic hydroxyl groups is 3. The van der Waals surface area contributed by atoms with Gasteiger partial charge in [0.05, 0.1) is 12.1 Å². The lowest BCUT2D eigenvalue weighted by molar-refractivity contribution is -0.150. The van der Waals surface area contributed by atoms with E-state index in [1.165, 1.54) is 6.92 Å². The summed E-state index contributed by atoms with van der Waals surface area (Å²) in [5.74, 6) is -0.578. The smallest absolute Gasteiger partial charge is 0.407 e. The predicted molar refractivity (Wildman–Crippen MR) is 160 cm³/mol. The van der Waals surface area contributed by atoms with Crippen molar-refractivity contribution < 1.29 is 29.6 Å². The minimum absolute atomic E-state index is 0.0308. The highest BCUT2D eigenvalue weighted by Gasteiger charge is 2.43. The first-order chi connectivity index (χ1) is 19.0. The standard InChI is InChI=1S/C32H49N3O6/c1-30(2,3)32(7,40)28(38)34-24(18-22-14-10-8-11-15-22)25(36)20-33-21-26(37)27(19-23-16-12-9-13-17-23)41-29(39)35-31(4,5)6/h8-17,24-27,33,36-37,40H,18-21H2,1-7H3,(H,34,38)(H,35,39)/t24-,25+,26+,27-,32?/m0/s1. The Hall–Kier alpha value is -2.98. The molecule has 0 bridgehead atoms. The molecule has 0 radical (unpaired) electrons. The van der Waals surface area contributed by atoms with Crippen LogP contribution < -0.4 is 16.0 Å². The van der Waals surface area contributed by atoms with Gasteiger partial charge >= 0.3 is 6.09 Å². The number of ether oxygens (including phenoxy) is 1. The third kappa shape index (κ3) is 11.4. The van der Waals surface area contributed by atoms with E-state index in [0.717, 1.165) is 11.1 Å². The van der Waals surface area contributed by atoms with Crippen molar-refractivity contribution in [1.29, 1.82) is 0 Å². The fraction of sp³-hybridized carbons (Fsp3) is 0.562. The van der Waals surface area contributed by atoms with Gasteiger partial charge in [-0.1, -0.05) is 81.4 Å². The highest BCUT2D eigenvalue weighted by Crippen LogP contribution is 2.30. The van der Waals surface area contributed by atoms with Crippen molar-refractivity contribution in [2.75, 3.05) is 13.1 Å². The summed E-state index contributed by atoms with van der Waals surface area (Å²) in [7, 11) is 0. The minimum atomic E-state index is -1.67. The van der Waals surface area contributed by atoms with Gasteiger partial charge in [-0.2, -0.15) is 0 Å². The number of hydrogen-bond acceptors (Lipinski definition) is 7. The molecule has 0 aromatic heterocycles. The Labute approximate surface area is 244 Å². The Kier molecular flexibility index (Phi) is 12.3. The van der Waals surface area contributed by atoms with Gasteiger partial charge in [-0.15, -0.1) is 0 Å². The number of carbonyl (C=O) groups excluding carboxylic acids is 2. The molecule has 2 amide bonds. The molecule has 2 aromatic carbocycles. The van der Waals surface area contributed by atoms with Crippen molar-refractivity contribution in [3.63, 3.8) is 0 Å². The largest absolute Gasteiger partial charge is 0.443 e. The van der Waals surface area contributed by atoms with E-state index in [-0.39, 0.29) is 13.1 Å². The number of aliphatic hydroxyl groups excluding tert-OH is 2. The van der Waals surface area contributed by atoms with E-state index in [4.69, 9.17) is 4.74 Å². The van der Waals surface area contributed by atoms with E-state index in [9.17, 15) is 24.9 Å². The molecule has 228 valence electrons. The molecule has 0 aliphatic rings. The van der Waals surface area contributed by atoms with Gasteiger partial charge in [0.2, 0.25) is 0 Å². The second-order valence-corrected chi connectivity index (χ2v) is 12.9. The Morgan fingerprint density at radius 3 is 1.76 bits per heavy atom. The van der Waals surface area contributed by atoms with Gasteiger partial charge in [-0.3, -0.25) is 4.79 Å². The van der Waals surface area contributed by atoms with E-state index in [2.05, 4.69) is 16.0 Å². The number of hydrogen-bond donors (Lipinski definition) is 6. The molecule has 0 aliphatic carbocycles. The number of nitrogens with one attached hydrogen (secondary N) is 3. The first kappa shape index (κ1) is 34.2. The second-order valence-electron chi connectivity index (χ2n) is 12.9. The van der Waals surface area contributed by atoms with E-state index < -0.39 is 52.9 Å². The molecule has 0 spiro atoms. The first-order valence-corrected chi connectivity index (χ1v) is 14.2. The van der Waals surface area contributed by atoms with Crippen LogP contribution in [0.1, 0.15) is 59.6 Å². The minimum Gasteiger partial charge on any atom is -0.443 e. The van der Waals surface area contributed by atoms with E-state index in [0.29, 0.717) is 12.8 Å². The van der Waals surface area contributed by atoms with Crippen LogP contribution in [0, 0.1) is 5.41 Å². The van der Waals surface area contributed by atoms with Crippen LogP contribution in [0.2, 0.25) is 0 Å². The molecule has 9 heteroatoms. The summed E-state index contributed by atoms with van der Waals surface area (Å²) in [6, 6.07) is 18.2. The Morgan fingerprint density at radius 2 is 1.27 bits per heavy atom. The fourth-order valence-electron chi connectivity index (χ4n) is 4.03. The van der Waals surface area contributed by atoms with Crippen molar-refractivity contribution in [2.45, 2.75) is 96.8 Å². The summed E-state index contributed by atoms with van der Waals surface area (Å²) in [5.41, 5.74) is -1.09. The van der Waals surface area contributed by atoms with E-state index >= 15 is 0 Å². The molecule has 0 heterocycles. The zero-order valence-corrected chi connectivity index (χ0v) is 25.5. The lowest BCUT2D eigenvalue weighted by Crippen LogP contribution is -2.59. The van der Waals surface area contributed by atoms with Gasteiger partial charge in [0.1, 0.15) is 17.8 Å². The summed E-state index contributed by atoms with van der Waals surface area (Å²) in [6.07, 6.45) is -2.94. The molecular weight excluding hydrogens is 522 g/mol. The maximum atomic E-state index is 13.1. The highest BCUT2D eigenvalue weighted by molar-refractivity contribution is 5.85. The topological polar surface area (TPSA) is 140 Å². The van der Waals surface area contributed by atoms with Gasteiger partial charge in [-0.05, 0) is 50.7 Å². The van der Waals surface area contributed by atoms with Crippen LogP contribution in [0.4, 0.5) is 4.79 Å². The summed E-state index contributed by atoms with van der Waals surface area (Å²) in [5, 5.41) is 41.6. The maximum Gasteiger partial charge on any atom is 0.407 e. The molecule has 6 N–H and O–H groups in total. The molecule has 0 fully saturated rings. The third-order valence-corrected chi connectivity index (χ3v) is 7.13. The normalized spacial score (nSPS) is 16.5. The summed E-state index contributed by atoms with van der Waals surface area (Å²) in [4.78, 5) is 25.6. The van der Waals surface area contributed by atoms with Crippen molar-refractivity contribution in [2.24, 2.45) is 5.41 Å². The Balaban J connectivity index is 2.09. The van der Waals surface area contributed by atoms with E-state index in [1.807, 2.05) is 81.4 Å². The molecule has 0 saturated heterocycles. The molecule has 41 heavy (non-hydrogen) atoms. The van der Waals surface area contributed by atoms with Crippen LogP contribution in [0.3, 0.4) is 0 Å². The zero-order chi connectivity index (χ0) is 30.8. The summed E-state index contributed by atoms with van der Waals surface area (Å²) >= 11 is 0. The van der Waals surface area contributed by atoms with Gasteiger partial charge in [0.25, 0.3) is 5.91 Å². The van der Waals surface area contributed by atoms with Crippen LogP contribution >= 0.6 is 0 Å². The van der Waals surface area contributed by atoms with Crippen molar-refractivity contribution in [1.82, 2.24) is 16.0 Å². The van der Waals surface area contributed by atoms with Crippen LogP contribution in [0.25, 0.3) is 0 Å². The van der Waals surface area contributed by atoms with Crippen LogP contribution in [-0.2, 0) is 22.4 Å². The quantitative estimate of drug-likeness (QED) is 0.217. The molecule has 2 aromatic rings. The Morgan fingerprint density at radius 1 is 0.780 bits per heavy atom. The molecule has 0 saturated carbocycles. The zero-order valence-electron chi connectivity index (χ0n) is 25.5. The average molecular weight is 572 g/mol. The molecule has 2 rings (SSSR count). The highest BCUT2D eigenvalue weighted by atomic mass is 16.6. The van der Waals surface area contributed by atoms with Crippen molar-refractivity contribution in [3.05, 3.63) is 71.8 Å². The van der Waals surface area contributed by atoms with Crippen LogP contribution in [-0.4, -0.2) is 75.9 Å². The predicted octanol–water partition coefficient (Wildman–Crippen LogP) is 2.96. The van der Waals surface area contributed by atoms with Crippen molar-refractivity contribution >= 4 is 12.0 Å². The molecular formula is C32H49N3O6. The molecule has 1 unspecified atom stereocenters. The van der Waals surface area contributed by atoms with Crippen LogP contribution in [0.5, 0.6) is 0 Å². The van der Waals surface area contributed by atoms with Gasteiger partial charge in [0.15, 0.2) is 0 Å².